The van der Waals surface area contributed by atoms with E-state index in [9.17, 15) is 0 Å². The highest BCUT2D eigenvalue weighted by Gasteiger charge is 2.17. The van der Waals surface area contributed by atoms with E-state index in [4.69, 9.17) is 0 Å². The molecule has 1 aliphatic heterocycles. The minimum atomic E-state index is 0.599. The minimum Gasteiger partial charge on any atom is -0.367 e. The molecule has 3 rings (SSSR count). The van der Waals surface area contributed by atoms with E-state index in [-0.39, 0.29) is 0 Å². The number of nitrogens with zero attached hydrogens (tertiary/aromatic N) is 2. The molecule has 0 N–H and O–H groups in total. The van der Waals surface area contributed by atoms with Gasteiger partial charge in [-0.2, -0.15) is 0 Å². The zero-order chi connectivity index (χ0) is 13.2. The van der Waals surface area contributed by atoms with Gasteiger partial charge in [-0.25, -0.2) is 0 Å². The van der Waals surface area contributed by atoms with Crippen LogP contribution in [0.2, 0.25) is 0 Å². The number of hydrogen-bond donors (Lipinski definition) is 0. The fourth-order valence-corrected chi connectivity index (χ4v) is 2.71. The summed E-state index contributed by atoms with van der Waals surface area (Å²) in [5.41, 5.74) is 5.70. The van der Waals surface area contributed by atoms with Crippen molar-refractivity contribution in [3.05, 3.63) is 59.4 Å². The number of benzene rings is 1. The monoisotopic (exact) mass is 252 g/mol. The Hall–Kier alpha value is -1.83. The van der Waals surface area contributed by atoms with Crippen LogP contribution in [0.5, 0.6) is 0 Å². The minimum absolute atomic E-state index is 0.599. The van der Waals surface area contributed by atoms with Gasteiger partial charge < -0.3 is 4.90 Å². The van der Waals surface area contributed by atoms with Crippen LogP contribution in [0.1, 0.15) is 36.5 Å². The summed E-state index contributed by atoms with van der Waals surface area (Å²) in [6.07, 6.45) is 4.88. The van der Waals surface area contributed by atoms with Crippen LogP contribution in [0, 0.1) is 0 Å². The van der Waals surface area contributed by atoms with Crippen LogP contribution in [0.25, 0.3) is 0 Å². The van der Waals surface area contributed by atoms with E-state index in [0.717, 1.165) is 19.5 Å². The largest absolute Gasteiger partial charge is 0.367 e. The Labute approximate surface area is 115 Å². The number of anilines is 1. The molecule has 0 spiro atoms. The quantitative estimate of drug-likeness (QED) is 0.809. The molecule has 0 radical (unpaired) electrons. The second-order valence-electron chi connectivity index (χ2n) is 5.56. The summed E-state index contributed by atoms with van der Waals surface area (Å²) in [5.74, 6) is 0.599. The lowest BCUT2D eigenvalue weighted by Gasteiger charge is -2.31. The van der Waals surface area contributed by atoms with E-state index in [1.54, 1.807) is 0 Å². The molecule has 0 aliphatic carbocycles. The lowest BCUT2D eigenvalue weighted by atomic mass is 9.93. The summed E-state index contributed by atoms with van der Waals surface area (Å²) >= 11 is 0. The van der Waals surface area contributed by atoms with Crippen molar-refractivity contribution in [1.82, 2.24) is 4.98 Å². The van der Waals surface area contributed by atoms with Crippen LogP contribution >= 0.6 is 0 Å². The van der Waals surface area contributed by atoms with E-state index >= 15 is 0 Å². The van der Waals surface area contributed by atoms with Crippen LogP contribution in [-0.2, 0) is 13.0 Å². The molecule has 1 aliphatic rings. The molecule has 0 saturated heterocycles. The molecule has 0 amide bonds. The molecule has 2 heteroatoms. The maximum absolute atomic E-state index is 4.10. The zero-order valence-corrected chi connectivity index (χ0v) is 11.6. The standard InChI is InChI=1S/C17H20N2/c1-13(2)15-4-3-14-7-10-19(12-16(14)11-15)17-5-8-18-9-6-17/h3-6,8-9,11,13H,7,10,12H2,1-2H3. The first kappa shape index (κ1) is 12.2. The first-order chi connectivity index (χ1) is 9.24. The highest BCUT2D eigenvalue weighted by Crippen LogP contribution is 2.26. The zero-order valence-electron chi connectivity index (χ0n) is 11.6. The number of aromatic nitrogens is 1. The van der Waals surface area contributed by atoms with Gasteiger partial charge in [-0.3, -0.25) is 4.98 Å². The first-order valence-electron chi connectivity index (χ1n) is 7.00. The van der Waals surface area contributed by atoms with Gasteiger partial charge in [-0.05, 0) is 41.2 Å². The molecule has 19 heavy (non-hydrogen) atoms. The van der Waals surface area contributed by atoms with Crippen molar-refractivity contribution in [2.75, 3.05) is 11.4 Å². The summed E-state index contributed by atoms with van der Waals surface area (Å²) in [7, 11) is 0. The van der Waals surface area contributed by atoms with E-state index < -0.39 is 0 Å². The average molecular weight is 252 g/mol. The van der Waals surface area contributed by atoms with Crippen LogP contribution < -0.4 is 4.90 Å². The number of fused-ring (bicyclic) bond motifs is 1. The third-order valence-electron chi connectivity index (χ3n) is 3.94. The summed E-state index contributed by atoms with van der Waals surface area (Å²) in [5, 5.41) is 0. The third-order valence-corrected chi connectivity index (χ3v) is 3.94. The Morgan fingerprint density at radius 1 is 1.05 bits per heavy atom. The van der Waals surface area contributed by atoms with Crippen molar-refractivity contribution in [2.24, 2.45) is 0 Å². The van der Waals surface area contributed by atoms with Gasteiger partial charge >= 0.3 is 0 Å². The Morgan fingerprint density at radius 2 is 1.84 bits per heavy atom. The summed E-state index contributed by atoms with van der Waals surface area (Å²) in [4.78, 5) is 6.53. The third kappa shape index (κ3) is 2.48. The van der Waals surface area contributed by atoms with E-state index in [2.05, 4.69) is 54.1 Å². The van der Waals surface area contributed by atoms with Gasteiger partial charge in [0.25, 0.3) is 0 Å². The molecule has 0 atom stereocenters. The Bertz CT molecular complexity index is 561. The predicted molar refractivity (Wildman–Crippen MR) is 79.5 cm³/mol. The molecular formula is C17H20N2. The van der Waals surface area contributed by atoms with Gasteiger partial charge in [0.05, 0.1) is 0 Å². The molecule has 0 fully saturated rings. The SMILES string of the molecule is CC(C)c1ccc2c(c1)CN(c1ccncc1)CC2. The van der Waals surface area contributed by atoms with Crippen molar-refractivity contribution in [1.29, 1.82) is 0 Å². The summed E-state index contributed by atoms with van der Waals surface area (Å²) in [6, 6.07) is 11.2. The summed E-state index contributed by atoms with van der Waals surface area (Å²) < 4.78 is 0. The molecule has 2 aromatic rings. The Morgan fingerprint density at radius 3 is 2.58 bits per heavy atom. The lowest BCUT2D eigenvalue weighted by Crippen LogP contribution is -2.30. The maximum atomic E-state index is 4.10. The van der Waals surface area contributed by atoms with Gasteiger partial charge in [0.1, 0.15) is 0 Å². The lowest BCUT2D eigenvalue weighted by molar-refractivity contribution is 0.726. The summed E-state index contributed by atoms with van der Waals surface area (Å²) in [6.45, 7) is 6.62. The molecule has 2 nitrogen and oxygen atoms in total. The molecular weight excluding hydrogens is 232 g/mol. The first-order valence-corrected chi connectivity index (χ1v) is 7.00. The fraction of sp³-hybridized carbons (Fsp3) is 0.353. The topological polar surface area (TPSA) is 16.1 Å². The smallest absolute Gasteiger partial charge is 0.0432 e. The van der Waals surface area contributed by atoms with Gasteiger partial charge in [-0.15, -0.1) is 0 Å². The Kier molecular flexibility index (Phi) is 3.24. The second-order valence-corrected chi connectivity index (χ2v) is 5.56. The predicted octanol–water partition coefficient (Wildman–Crippen LogP) is 3.77. The van der Waals surface area contributed by atoms with Crippen molar-refractivity contribution in [3.8, 4) is 0 Å². The van der Waals surface area contributed by atoms with Gasteiger partial charge in [0.2, 0.25) is 0 Å². The Balaban J connectivity index is 1.88. The molecule has 1 aromatic carbocycles. The second kappa shape index (κ2) is 5.04. The fourth-order valence-electron chi connectivity index (χ4n) is 2.71. The maximum Gasteiger partial charge on any atom is 0.0432 e. The van der Waals surface area contributed by atoms with Crippen molar-refractivity contribution in [2.45, 2.75) is 32.7 Å². The van der Waals surface area contributed by atoms with Gasteiger partial charge in [0, 0.05) is 31.2 Å². The molecule has 0 unspecified atom stereocenters. The molecule has 0 saturated carbocycles. The van der Waals surface area contributed by atoms with Gasteiger partial charge in [-0.1, -0.05) is 32.0 Å². The van der Waals surface area contributed by atoms with Crippen LogP contribution in [0.3, 0.4) is 0 Å². The van der Waals surface area contributed by atoms with Crippen molar-refractivity contribution >= 4 is 5.69 Å². The number of hydrogen-bond acceptors (Lipinski definition) is 2. The molecule has 98 valence electrons. The molecule has 0 bridgehead atoms. The van der Waals surface area contributed by atoms with Crippen LogP contribution in [0.4, 0.5) is 5.69 Å². The average Bonchev–Trinajstić information content (AvgIpc) is 2.47. The van der Waals surface area contributed by atoms with Crippen molar-refractivity contribution < 1.29 is 0 Å². The van der Waals surface area contributed by atoms with Crippen molar-refractivity contribution in [3.63, 3.8) is 0 Å². The number of pyridine rings is 1. The highest BCUT2D eigenvalue weighted by atomic mass is 15.1. The van der Waals surface area contributed by atoms with E-state index in [0.29, 0.717) is 5.92 Å². The van der Waals surface area contributed by atoms with E-state index in [1.807, 2.05) is 12.4 Å². The highest BCUT2D eigenvalue weighted by molar-refractivity contribution is 5.49. The molecule has 1 aromatic heterocycles. The van der Waals surface area contributed by atoms with E-state index in [1.165, 1.54) is 22.4 Å². The van der Waals surface area contributed by atoms with Crippen LogP contribution in [0.15, 0.2) is 42.7 Å². The van der Waals surface area contributed by atoms with Gasteiger partial charge in [0.15, 0.2) is 0 Å². The number of rotatable bonds is 2. The molecule has 2 heterocycles. The van der Waals surface area contributed by atoms with Crippen LogP contribution in [-0.4, -0.2) is 11.5 Å². The normalized spacial score (nSPS) is 14.6.